The number of nitrogens with zero attached hydrogens (tertiary/aromatic N) is 1. The maximum atomic E-state index is 12.0. The van der Waals surface area contributed by atoms with Crippen molar-refractivity contribution in [1.82, 2.24) is 4.90 Å². The van der Waals surface area contributed by atoms with Gasteiger partial charge in [0, 0.05) is 30.1 Å². The molecule has 19 heavy (non-hydrogen) atoms. The summed E-state index contributed by atoms with van der Waals surface area (Å²) in [4.78, 5) is 14.1. The molecule has 0 heterocycles. The van der Waals surface area contributed by atoms with Crippen LogP contribution in [0.15, 0.2) is 24.3 Å². The lowest BCUT2D eigenvalue weighted by Gasteiger charge is -2.34. The molecular formula is C15H20ClNO2. The van der Waals surface area contributed by atoms with E-state index in [0.717, 1.165) is 31.5 Å². The summed E-state index contributed by atoms with van der Waals surface area (Å²) in [6.07, 6.45) is 2.22. The quantitative estimate of drug-likeness (QED) is 0.815. The van der Waals surface area contributed by atoms with Crippen LogP contribution in [0.5, 0.6) is 0 Å². The van der Waals surface area contributed by atoms with Crippen LogP contribution in [0, 0.1) is 5.92 Å². The molecule has 3 nitrogen and oxygen atoms in total. The van der Waals surface area contributed by atoms with Crippen LogP contribution in [0.25, 0.3) is 0 Å². The molecule has 1 saturated carbocycles. The van der Waals surface area contributed by atoms with Crippen LogP contribution >= 0.6 is 11.6 Å². The number of hydrogen-bond donors (Lipinski definition) is 1. The van der Waals surface area contributed by atoms with Crippen LogP contribution < -0.4 is 0 Å². The molecule has 0 spiro atoms. The molecule has 0 unspecified atom stereocenters. The first-order valence-electron chi connectivity index (χ1n) is 6.70. The first-order chi connectivity index (χ1) is 9.04. The van der Waals surface area contributed by atoms with E-state index in [0.29, 0.717) is 17.4 Å². The molecule has 0 radical (unpaired) electrons. The van der Waals surface area contributed by atoms with Gasteiger partial charge < -0.3 is 10.0 Å². The smallest absolute Gasteiger partial charge is 0.164 e. The molecule has 1 N–H and O–H groups in total. The summed E-state index contributed by atoms with van der Waals surface area (Å²) >= 11 is 5.80. The van der Waals surface area contributed by atoms with Crippen LogP contribution in [0.4, 0.5) is 0 Å². The second kappa shape index (κ2) is 6.51. The van der Waals surface area contributed by atoms with Gasteiger partial charge >= 0.3 is 0 Å². The van der Waals surface area contributed by atoms with Crippen molar-refractivity contribution < 1.29 is 9.90 Å². The van der Waals surface area contributed by atoms with Gasteiger partial charge in [0.05, 0.1) is 6.10 Å². The highest BCUT2D eigenvalue weighted by Crippen LogP contribution is 2.27. The van der Waals surface area contributed by atoms with E-state index >= 15 is 0 Å². The zero-order valence-corrected chi connectivity index (χ0v) is 11.9. The van der Waals surface area contributed by atoms with Gasteiger partial charge in [-0.3, -0.25) is 4.79 Å². The Morgan fingerprint density at radius 1 is 1.37 bits per heavy atom. The minimum absolute atomic E-state index is 0.103. The molecule has 0 amide bonds. The number of aliphatic hydroxyl groups is 1. The lowest BCUT2D eigenvalue weighted by Crippen LogP contribution is -2.37. The Balaban J connectivity index is 1.72. The van der Waals surface area contributed by atoms with Crippen molar-refractivity contribution in [2.24, 2.45) is 5.92 Å². The van der Waals surface area contributed by atoms with Gasteiger partial charge in [-0.05, 0) is 50.1 Å². The van der Waals surface area contributed by atoms with Gasteiger partial charge in [0.1, 0.15) is 0 Å². The molecule has 4 heteroatoms. The van der Waals surface area contributed by atoms with E-state index in [9.17, 15) is 9.90 Å². The Morgan fingerprint density at radius 3 is 2.58 bits per heavy atom. The Bertz CT molecular complexity index is 426. The second-order valence-electron chi connectivity index (χ2n) is 5.43. The molecule has 0 aliphatic heterocycles. The van der Waals surface area contributed by atoms with Gasteiger partial charge in [0.25, 0.3) is 0 Å². The first-order valence-corrected chi connectivity index (χ1v) is 7.08. The number of hydrogen-bond acceptors (Lipinski definition) is 3. The van der Waals surface area contributed by atoms with Crippen molar-refractivity contribution in [3.8, 4) is 0 Å². The number of rotatable bonds is 6. The number of carbonyl (C=O) groups excluding carboxylic acids is 1. The highest BCUT2D eigenvalue weighted by Gasteiger charge is 2.27. The Hall–Kier alpha value is -0.900. The highest BCUT2D eigenvalue weighted by atomic mass is 35.5. The summed E-state index contributed by atoms with van der Waals surface area (Å²) in [6, 6.07) is 7.03. The number of aliphatic hydroxyl groups excluding tert-OH is 1. The maximum Gasteiger partial charge on any atom is 0.164 e. The van der Waals surface area contributed by atoms with Crippen molar-refractivity contribution >= 4 is 17.4 Å². The van der Waals surface area contributed by atoms with E-state index in [4.69, 9.17) is 11.6 Å². The lowest BCUT2D eigenvalue weighted by molar-refractivity contribution is 0.0281. The topological polar surface area (TPSA) is 40.5 Å². The van der Waals surface area contributed by atoms with Crippen LogP contribution in [0.1, 0.15) is 29.6 Å². The van der Waals surface area contributed by atoms with E-state index < -0.39 is 0 Å². The predicted molar refractivity (Wildman–Crippen MR) is 76.6 cm³/mol. The van der Waals surface area contributed by atoms with Crippen LogP contribution in [0.2, 0.25) is 5.02 Å². The molecule has 2 rings (SSSR count). The fourth-order valence-corrected chi connectivity index (χ4v) is 2.58. The minimum Gasteiger partial charge on any atom is -0.393 e. The maximum absolute atomic E-state index is 12.0. The van der Waals surface area contributed by atoms with Gasteiger partial charge in [-0.2, -0.15) is 0 Å². The molecule has 1 aliphatic carbocycles. The Kier molecular flexibility index (Phi) is 4.97. The number of Topliss-reactive ketones (excluding diaryl/α,β-unsaturated/α-hetero) is 1. The second-order valence-corrected chi connectivity index (χ2v) is 5.87. The fraction of sp³-hybridized carbons (Fsp3) is 0.533. The van der Waals surface area contributed by atoms with Crippen LogP contribution in [-0.2, 0) is 0 Å². The molecule has 0 saturated heterocycles. The van der Waals surface area contributed by atoms with Gasteiger partial charge in [-0.25, -0.2) is 0 Å². The van der Waals surface area contributed by atoms with Crippen molar-refractivity contribution in [2.75, 3.05) is 20.1 Å². The number of halogens is 1. The van der Waals surface area contributed by atoms with Gasteiger partial charge in [0.15, 0.2) is 5.78 Å². The largest absolute Gasteiger partial charge is 0.393 e. The van der Waals surface area contributed by atoms with Crippen molar-refractivity contribution in [1.29, 1.82) is 0 Å². The van der Waals surface area contributed by atoms with Gasteiger partial charge in [-0.1, -0.05) is 11.6 Å². The van der Waals surface area contributed by atoms with Gasteiger partial charge in [-0.15, -0.1) is 0 Å². The third-order valence-electron chi connectivity index (χ3n) is 3.67. The van der Waals surface area contributed by atoms with Crippen LogP contribution in [0.3, 0.4) is 0 Å². The summed E-state index contributed by atoms with van der Waals surface area (Å²) < 4.78 is 0. The molecule has 1 aromatic rings. The van der Waals surface area contributed by atoms with Crippen molar-refractivity contribution in [2.45, 2.75) is 25.4 Å². The highest BCUT2D eigenvalue weighted by molar-refractivity contribution is 6.30. The zero-order valence-electron chi connectivity index (χ0n) is 11.2. The first kappa shape index (κ1) is 14.5. The fourth-order valence-electron chi connectivity index (χ4n) is 2.45. The molecule has 1 fully saturated rings. The van der Waals surface area contributed by atoms with Crippen LogP contribution in [-0.4, -0.2) is 42.0 Å². The third-order valence-corrected chi connectivity index (χ3v) is 3.92. The number of carbonyl (C=O) groups is 1. The minimum atomic E-state index is -0.103. The van der Waals surface area contributed by atoms with Crippen molar-refractivity contribution in [3.63, 3.8) is 0 Å². The SMILES string of the molecule is CN(CCC(=O)c1ccc(Cl)cc1)CC1CC(O)C1. The van der Waals surface area contributed by atoms with E-state index in [1.54, 1.807) is 24.3 Å². The molecule has 0 atom stereocenters. The zero-order chi connectivity index (χ0) is 13.8. The summed E-state index contributed by atoms with van der Waals surface area (Å²) in [6.45, 7) is 1.72. The third kappa shape index (κ3) is 4.30. The number of ketones is 1. The molecule has 0 bridgehead atoms. The van der Waals surface area contributed by atoms with E-state index in [1.807, 2.05) is 7.05 Å². The molecule has 0 aromatic heterocycles. The average molecular weight is 282 g/mol. The van der Waals surface area contributed by atoms with E-state index in [1.165, 1.54) is 0 Å². The van der Waals surface area contributed by atoms with E-state index in [-0.39, 0.29) is 11.9 Å². The average Bonchev–Trinajstić information content (AvgIpc) is 2.35. The monoisotopic (exact) mass is 281 g/mol. The standard InChI is InChI=1S/C15H20ClNO2/c1-17(10-11-8-14(18)9-11)7-6-15(19)12-2-4-13(16)5-3-12/h2-5,11,14,18H,6-10H2,1H3. The van der Waals surface area contributed by atoms with E-state index in [2.05, 4.69) is 4.90 Å². The normalized spacial score (nSPS) is 22.3. The summed E-state index contributed by atoms with van der Waals surface area (Å²) in [5.74, 6) is 0.739. The number of benzene rings is 1. The van der Waals surface area contributed by atoms with Crippen molar-refractivity contribution in [3.05, 3.63) is 34.9 Å². The molecule has 1 aliphatic rings. The van der Waals surface area contributed by atoms with Gasteiger partial charge in [0.2, 0.25) is 0 Å². The predicted octanol–water partition coefficient (Wildman–Crippen LogP) is 2.62. The lowest BCUT2D eigenvalue weighted by atomic mass is 9.82. The molecular weight excluding hydrogens is 262 g/mol. The Labute approximate surface area is 119 Å². The molecule has 104 valence electrons. The Morgan fingerprint density at radius 2 is 2.00 bits per heavy atom. The summed E-state index contributed by atoms with van der Waals surface area (Å²) in [5.41, 5.74) is 0.719. The molecule has 1 aromatic carbocycles. The summed E-state index contributed by atoms with van der Waals surface area (Å²) in [7, 11) is 2.03. The summed E-state index contributed by atoms with van der Waals surface area (Å²) in [5, 5.41) is 9.89.